The van der Waals surface area contributed by atoms with Gasteiger partial charge in [0.05, 0.1) is 0 Å². The lowest BCUT2D eigenvalue weighted by Gasteiger charge is -2.34. The number of carbonyl (C=O) groups excluding carboxylic acids is 2. The van der Waals surface area contributed by atoms with Gasteiger partial charge in [-0.2, -0.15) is 0 Å². The number of amides is 2. The average Bonchev–Trinajstić information content (AvgIpc) is 2.85. The van der Waals surface area contributed by atoms with Gasteiger partial charge < -0.3 is 10.2 Å². The predicted octanol–water partition coefficient (Wildman–Crippen LogP) is 7.78. The van der Waals surface area contributed by atoms with E-state index in [1.807, 2.05) is 51.1 Å². The number of rotatable bonds is 9. The highest BCUT2D eigenvalue weighted by molar-refractivity contribution is 6.36. The van der Waals surface area contributed by atoms with E-state index in [0.29, 0.717) is 28.5 Å². The predicted molar refractivity (Wildman–Crippen MR) is 162 cm³/mol. The van der Waals surface area contributed by atoms with Gasteiger partial charge in [-0.15, -0.1) is 0 Å². The fourth-order valence-electron chi connectivity index (χ4n) is 4.43. The Morgan fingerprint density at radius 2 is 1.38 bits per heavy atom. The molecule has 3 aromatic carbocycles. The molecule has 0 saturated heterocycles. The summed E-state index contributed by atoms with van der Waals surface area (Å²) in [7, 11) is 0. The molecular weight excluding hydrogens is 527 g/mol. The van der Waals surface area contributed by atoms with Crippen LogP contribution in [0.5, 0.6) is 0 Å². The van der Waals surface area contributed by atoms with Crippen LogP contribution in [0.4, 0.5) is 0 Å². The van der Waals surface area contributed by atoms with E-state index in [1.165, 1.54) is 5.56 Å². The van der Waals surface area contributed by atoms with E-state index in [-0.39, 0.29) is 30.2 Å². The molecule has 0 spiro atoms. The van der Waals surface area contributed by atoms with Gasteiger partial charge in [-0.05, 0) is 61.4 Å². The fourth-order valence-corrected chi connectivity index (χ4v) is 4.94. The molecule has 0 aliphatic heterocycles. The summed E-state index contributed by atoms with van der Waals surface area (Å²) < 4.78 is 0. The third-order valence-corrected chi connectivity index (χ3v) is 7.32. The smallest absolute Gasteiger partial charge is 0.243 e. The average molecular weight is 568 g/mol. The SMILES string of the molecule is CC(C)(C)NC(=O)[C@@H](Cc1ccccc1)N(Cc1c(Cl)cccc1Cl)C(=O)CCc1ccc(C(C)(C)C)cc1. The van der Waals surface area contributed by atoms with E-state index in [0.717, 1.165) is 11.1 Å². The molecule has 3 rings (SSSR count). The number of hydrogen-bond donors (Lipinski definition) is 1. The van der Waals surface area contributed by atoms with Crippen molar-refractivity contribution in [1.29, 1.82) is 0 Å². The molecule has 0 aromatic heterocycles. The quantitative estimate of drug-likeness (QED) is 0.287. The molecule has 0 radical (unpaired) electrons. The summed E-state index contributed by atoms with van der Waals surface area (Å²) >= 11 is 13.1. The summed E-state index contributed by atoms with van der Waals surface area (Å²) in [6, 6.07) is 22.7. The Bertz CT molecular complexity index is 1240. The van der Waals surface area contributed by atoms with Gasteiger partial charge in [0, 0.05) is 40.5 Å². The fraction of sp³-hybridized carbons (Fsp3) is 0.394. The second-order valence-corrected chi connectivity index (χ2v) is 12.9. The van der Waals surface area contributed by atoms with Gasteiger partial charge in [0.1, 0.15) is 6.04 Å². The van der Waals surface area contributed by atoms with Crippen molar-refractivity contribution in [2.75, 3.05) is 0 Å². The first-order valence-electron chi connectivity index (χ1n) is 13.4. The molecule has 4 nitrogen and oxygen atoms in total. The molecule has 0 unspecified atom stereocenters. The Morgan fingerprint density at radius 1 is 0.795 bits per heavy atom. The van der Waals surface area contributed by atoms with Crippen molar-refractivity contribution >= 4 is 35.0 Å². The lowest BCUT2D eigenvalue weighted by molar-refractivity contribution is -0.141. The number of hydrogen-bond acceptors (Lipinski definition) is 2. The standard InChI is InChI=1S/C33H40Cl2N2O2/c1-32(2,3)25-18-15-23(16-19-25)17-20-30(38)37(22-26-27(34)13-10-14-28(26)35)29(31(39)36-33(4,5)6)21-24-11-8-7-9-12-24/h7-16,18-19,29H,17,20-22H2,1-6H3,(H,36,39)/t29-/m1/s1. The minimum Gasteiger partial charge on any atom is -0.350 e. The maximum Gasteiger partial charge on any atom is 0.243 e. The van der Waals surface area contributed by atoms with Crippen LogP contribution < -0.4 is 5.32 Å². The van der Waals surface area contributed by atoms with Crippen molar-refractivity contribution in [2.45, 2.75) is 84.3 Å². The Kier molecular flexibility index (Phi) is 10.3. The third kappa shape index (κ3) is 9.12. The van der Waals surface area contributed by atoms with Crippen LogP contribution in [-0.4, -0.2) is 28.3 Å². The topological polar surface area (TPSA) is 49.4 Å². The van der Waals surface area contributed by atoms with Gasteiger partial charge in [0.25, 0.3) is 0 Å². The van der Waals surface area contributed by atoms with Gasteiger partial charge >= 0.3 is 0 Å². The van der Waals surface area contributed by atoms with Crippen molar-refractivity contribution in [3.8, 4) is 0 Å². The maximum absolute atomic E-state index is 13.9. The number of carbonyl (C=O) groups is 2. The zero-order valence-electron chi connectivity index (χ0n) is 23.9. The van der Waals surface area contributed by atoms with Crippen molar-refractivity contribution in [3.63, 3.8) is 0 Å². The molecule has 6 heteroatoms. The van der Waals surface area contributed by atoms with Gasteiger partial charge in [-0.25, -0.2) is 0 Å². The molecule has 0 aliphatic rings. The van der Waals surface area contributed by atoms with Crippen molar-refractivity contribution in [2.24, 2.45) is 0 Å². The maximum atomic E-state index is 13.9. The highest BCUT2D eigenvalue weighted by Gasteiger charge is 2.32. The summed E-state index contributed by atoms with van der Waals surface area (Å²) in [4.78, 5) is 29.3. The van der Waals surface area contributed by atoms with Gasteiger partial charge in [-0.1, -0.05) is 105 Å². The number of aryl methyl sites for hydroxylation is 1. The van der Waals surface area contributed by atoms with Gasteiger partial charge in [0.2, 0.25) is 11.8 Å². The largest absolute Gasteiger partial charge is 0.350 e. The second-order valence-electron chi connectivity index (χ2n) is 12.1. The first-order valence-corrected chi connectivity index (χ1v) is 14.2. The molecule has 0 bridgehead atoms. The summed E-state index contributed by atoms with van der Waals surface area (Å²) in [5.41, 5.74) is 3.51. The molecule has 0 heterocycles. The van der Waals surface area contributed by atoms with Crippen LogP contribution in [0, 0.1) is 0 Å². The minimum absolute atomic E-state index is 0.0600. The monoisotopic (exact) mass is 566 g/mol. The van der Waals surface area contributed by atoms with E-state index in [1.54, 1.807) is 23.1 Å². The highest BCUT2D eigenvalue weighted by atomic mass is 35.5. The van der Waals surface area contributed by atoms with E-state index in [4.69, 9.17) is 23.2 Å². The molecule has 208 valence electrons. The van der Waals surface area contributed by atoms with Crippen LogP contribution in [0.1, 0.15) is 70.2 Å². The van der Waals surface area contributed by atoms with Gasteiger partial charge in [-0.3, -0.25) is 9.59 Å². The van der Waals surface area contributed by atoms with Crippen LogP contribution in [0.25, 0.3) is 0 Å². The second kappa shape index (κ2) is 13.0. The van der Waals surface area contributed by atoms with E-state index >= 15 is 0 Å². The van der Waals surface area contributed by atoms with E-state index < -0.39 is 11.6 Å². The van der Waals surface area contributed by atoms with E-state index in [9.17, 15) is 9.59 Å². The highest BCUT2D eigenvalue weighted by Crippen LogP contribution is 2.28. The molecule has 0 fully saturated rings. The molecule has 1 N–H and O–H groups in total. The summed E-state index contributed by atoms with van der Waals surface area (Å²) in [6.07, 6.45) is 1.19. The molecule has 2 amide bonds. The Labute approximate surface area is 243 Å². The van der Waals surface area contributed by atoms with Crippen LogP contribution in [-0.2, 0) is 34.4 Å². The first kappa shape index (κ1) is 30.7. The number of nitrogens with one attached hydrogen (secondary N) is 1. The zero-order chi connectivity index (χ0) is 28.8. The summed E-state index contributed by atoms with van der Waals surface area (Å²) in [5, 5.41) is 4.02. The molecule has 0 aliphatic carbocycles. The van der Waals surface area contributed by atoms with Crippen LogP contribution in [0.15, 0.2) is 72.8 Å². The van der Waals surface area contributed by atoms with Crippen molar-refractivity contribution < 1.29 is 9.59 Å². The first-order chi connectivity index (χ1) is 18.2. The molecule has 0 saturated carbocycles. The lowest BCUT2D eigenvalue weighted by atomic mass is 9.86. The molecule has 1 atom stereocenters. The van der Waals surface area contributed by atoms with Crippen molar-refractivity contribution in [3.05, 3.63) is 105 Å². The number of nitrogens with zero attached hydrogens (tertiary/aromatic N) is 1. The normalized spacial score (nSPS) is 12.6. The lowest BCUT2D eigenvalue weighted by Crippen LogP contribution is -2.54. The zero-order valence-corrected chi connectivity index (χ0v) is 25.4. The van der Waals surface area contributed by atoms with Crippen LogP contribution in [0.2, 0.25) is 10.0 Å². The summed E-state index contributed by atoms with van der Waals surface area (Å²) in [5.74, 6) is -0.340. The Balaban J connectivity index is 1.95. The van der Waals surface area contributed by atoms with Crippen LogP contribution >= 0.6 is 23.2 Å². The van der Waals surface area contributed by atoms with Crippen molar-refractivity contribution in [1.82, 2.24) is 10.2 Å². The third-order valence-electron chi connectivity index (χ3n) is 6.61. The molecule has 39 heavy (non-hydrogen) atoms. The van der Waals surface area contributed by atoms with Crippen LogP contribution in [0.3, 0.4) is 0 Å². The minimum atomic E-state index is -0.741. The number of halogens is 2. The number of benzene rings is 3. The van der Waals surface area contributed by atoms with Gasteiger partial charge in [0.15, 0.2) is 0 Å². The Hall–Kier alpha value is -2.82. The molecule has 3 aromatic rings. The van der Waals surface area contributed by atoms with E-state index in [2.05, 4.69) is 50.4 Å². The summed E-state index contributed by atoms with van der Waals surface area (Å²) in [6.45, 7) is 12.5. The molecular formula is C33H40Cl2N2O2. The Morgan fingerprint density at radius 3 is 1.92 bits per heavy atom.